The molecule has 0 aliphatic heterocycles. The lowest BCUT2D eigenvalue weighted by molar-refractivity contribution is -0.134. The van der Waals surface area contributed by atoms with Crippen LogP contribution in [0, 0.1) is 29.1 Å². The van der Waals surface area contributed by atoms with Gasteiger partial charge >= 0.3 is 0 Å². The second-order valence-electron chi connectivity index (χ2n) is 7.59. The Hall–Kier alpha value is -1.40. The van der Waals surface area contributed by atoms with Crippen molar-refractivity contribution in [3.05, 3.63) is 28.7 Å². The summed E-state index contributed by atoms with van der Waals surface area (Å²) < 4.78 is 0.962. The summed E-state index contributed by atoms with van der Waals surface area (Å²) in [6, 6.07) is 7.51. The standard InChI is InChI=1S/C19H23BrN2O3/c20-11-1-3-12(4-2-11)22-18(25)16-14-6-5-13(19(14)7-8-19)15(16)17(24)21-9-10-23/h1-4,13-16,23H,5-10H2,(H,21,24)(H,22,25). The van der Waals surface area contributed by atoms with Crippen molar-refractivity contribution in [1.82, 2.24) is 5.32 Å². The first-order valence-electron chi connectivity index (χ1n) is 9.02. The lowest BCUT2D eigenvalue weighted by Crippen LogP contribution is -2.43. The molecule has 4 unspecified atom stereocenters. The lowest BCUT2D eigenvalue weighted by atomic mass is 9.78. The van der Waals surface area contributed by atoms with Gasteiger partial charge in [-0.25, -0.2) is 0 Å². The molecule has 4 atom stereocenters. The Morgan fingerprint density at radius 2 is 1.68 bits per heavy atom. The Bertz CT molecular complexity index is 686. The molecule has 3 saturated carbocycles. The molecule has 1 aromatic rings. The molecule has 1 aromatic carbocycles. The predicted octanol–water partition coefficient (Wildman–Crippen LogP) is 2.55. The number of benzene rings is 1. The fraction of sp³-hybridized carbons (Fsp3) is 0.579. The molecule has 3 fully saturated rings. The first-order chi connectivity index (χ1) is 12.1. The van der Waals surface area contributed by atoms with Crippen molar-refractivity contribution in [1.29, 1.82) is 0 Å². The van der Waals surface area contributed by atoms with Gasteiger partial charge in [0, 0.05) is 16.7 Å². The second kappa shape index (κ2) is 6.40. The molecule has 134 valence electrons. The Morgan fingerprint density at radius 3 is 2.24 bits per heavy atom. The molecule has 0 heterocycles. The zero-order valence-electron chi connectivity index (χ0n) is 14.0. The molecule has 6 heteroatoms. The minimum absolute atomic E-state index is 0.0371. The van der Waals surface area contributed by atoms with E-state index in [1.807, 2.05) is 24.3 Å². The third-order valence-corrected chi connectivity index (χ3v) is 7.00. The number of aliphatic hydroxyl groups excluding tert-OH is 1. The fourth-order valence-corrected chi connectivity index (χ4v) is 5.68. The maximum atomic E-state index is 13.0. The van der Waals surface area contributed by atoms with Crippen LogP contribution < -0.4 is 10.6 Å². The third-order valence-electron chi connectivity index (χ3n) is 6.48. The molecule has 25 heavy (non-hydrogen) atoms. The van der Waals surface area contributed by atoms with Gasteiger partial charge in [0.05, 0.1) is 18.4 Å². The van der Waals surface area contributed by atoms with E-state index in [0.717, 1.165) is 35.8 Å². The van der Waals surface area contributed by atoms with Crippen molar-refractivity contribution in [2.24, 2.45) is 29.1 Å². The van der Waals surface area contributed by atoms with Crippen LogP contribution in [0.25, 0.3) is 0 Å². The average molecular weight is 407 g/mol. The fourth-order valence-electron chi connectivity index (χ4n) is 5.42. The van der Waals surface area contributed by atoms with Crippen LogP contribution in [-0.2, 0) is 9.59 Å². The van der Waals surface area contributed by atoms with Gasteiger partial charge in [-0.15, -0.1) is 0 Å². The number of anilines is 1. The molecular formula is C19H23BrN2O3. The first-order valence-corrected chi connectivity index (χ1v) is 9.81. The van der Waals surface area contributed by atoms with Gasteiger partial charge in [-0.3, -0.25) is 9.59 Å². The summed E-state index contributed by atoms with van der Waals surface area (Å²) in [7, 11) is 0. The van der Waals surface area contributed by atoms with Gasteiger partial charge < -0.3 is 15.7 Å². The zero-order chi connectivity index (χ0) is 17.6. The minimum atomic E-state index is -0.261. The van der Waals surface area contributed by atoms with Crippen molar-refractivity contribution >= 4 is 33.4 Å². The van der Waals surface area contributed by atoms with Crippen LogP contribution in [0.1, 0.15) is 25.7 Å². The van der Waals surface area contributed by atoms with E-state index in [-0.39, 0.29) is 42.2 Å². The highest BCUT2D eigenvalue weighted by molar-refractivity contribution is 9.10. The van der Waals surface area contributed by atoms with Crippen LogP contribution in [0.15, 0.2) is 28.7 Å². The summed E-state index contributed by atoms with van der Waals surface area (Å²) in [6.45, 7) is 0.175. The third kappa shape index (κ3) is 2.79. The van der Waals surface area contributed by atoms with Gasteiger partial charge in [0.15, 0.2) is 0 Å². The molecule has 2 amide bonds. The molecule has 3 aliphatic carbocycles. The molecule has 3 aliphatic rings. The van der Waals surface area contributed by atoms with Gasteiger partial charge in [0.2, 0.25) is 11.8 Å². The molecule has 4 rings (SSSR count). The summed E-state index contributed by atoms with van der Waals surface area (Å²) >= 11 is 3.39. The van der Waals surface area contributed by atoms with Crippen LogP contribution in [0.5, 0.6) is 0 Å². The monoisotopic (exact) mass is 406 g/mol. The first kappa shape index (κ1) is 17.0. The van der Waals surface area contributed by atoms with Crippen molar-refractivity contribution in [3.63, 3.8) is 0 Å². The van der Waals surface area contributed by atoms with Crippen molar-refractivity contribution in [2.75, 3.05) is 18.5 Å². The minimum Gasteiger partial charge on any atom is -0.395 e. The van der Waals surface area contributed by atoms with Gasteiger partial charge in [-0.1, -0.05) is 15.9 Å². The summed E-state index contributed by atoms with van der Waals surface area (Å²) in [5.41, 5.74) is 0.985. The number of aliphatic hydroxyl groups is 1. The van der Waals surface area contributed by atoms with Gasteiger partial charge in [0.1, 0.15) is 0 Å². The molecule has 0 saturated heterocycles. The lowest BCUT2D eigenvalue weighted by Gasteiger charge is -2.29. The number of carbonyl (C=O) groups is 2. The second-order valence-corrected chi connectivity index (χ2v) is 8.50. The highest BCUT2D eigenvalue weighted by atomic mass is 79.9. The zero-order valence-corrected chi connectivity index (χ0v) is 15.6. The SMILES string of the molecule is O=C(NCCO)C1C(C(=O)Nc2ccc(Br)cc2)C2CCC1C21CC1. The smallest absolute Gasteiger partial charge is 0.228 e. The molecule has 1 spiro atoms. The van der Waals surface area contributed by atoms with E-state index in [0.29, 0.717) is 11.8 Å². The maximum absolute atomic E-state index is 13.0. The molecule has 3 N–H and O–H groups in total. The number of hydrogen-bond donors (Lipinski definition) is 3. The van der Waals surface area contributed by atoms with Crippen LogP contribution in [0.3, 0.4) is 0 Å². The molecule has 0 aromatic heterocycles. The van der Waals surface area contributed by atoms with Crippen LogP contribution in [0.2, 0.25) is 0 Å². The summed E-state index contributed by atoms with van der Waals surface area (Å²) in [5.74, 6) is 0.00921. The van der Waals surface area contributed by atoms with E-state index in [2.05, 4.69) is 26.6 Å². The Balaban J connectivity index is 1.56. The van der Waals surface area contributed by atoms with Crippen LogP contribution in [-0.4, -0.2) is 30.1 Å². The Morgan fingerprint density at radius 1 is 1.08 bits per heavy atom. The highest BCUT2D eigenvalue weighted by Crippen LogP contribution is 2.74. The number of carbonyl (C=O) groups excluding carboxylic acids is 2. The van der Waals surface area contributed by atoms with Crippen molar-refractivity contribution in [3.8, 4) is 0 Å². The van der Waals surface area contributed by atoms with Gasteiger partial charge in [-0.2, -0.15) is 0 Å². The summed E-state index contributed by atoms with van der Waals surface area (Å²) in [5, 5.41) is 14.8. The molecular weight excluding hydrogens is 384 g/mol. The van der Waals surface area contributed by atoms with E-state index in [4.69, 9.17) is 5.11 Å². The quantitative estimate of drug-likeness (QED) is 0.702. The summed E-state index contributed by atoms with van der Waals surface area (Å²) in [4.78, 5) is 25.8. The number of halogens is 1. The van der Waals surface area contributed by atoms with E-state index < -0.39 is 0 Å². The predicted molar refractivity (Wildman–Crippen MR) is 97.7 cm³/mol. The van der Waals surface area contributed by atoms with Crippen molar-refractivity contribution < 1.29 is 14.7 Å². The summed E-state index contributed by atoms with van der Waals surface area (Å²) in [6.07, 6.45) is 4.39. The normalized spacial score (nSPS) is 31.1. The van der Waals surface area contributed by atoms with Gasteiger partial charge in [0.25, 0.3) is 0 Å². The van der Waals surface area contributed by atoms with E-state index in [9.17, 15) is 9.59 Å². The van der Waals surface area contributed by atoms with Crippen molar-refractivity contribution in [2.45, 2.75) is 25.7 Å². The maximum Gasteiger partial charge on any atom is 0.228 e. The number of amides is 2. The van der Waals surface area contributed by atoms with E-state index in [1.54, 1.807) is 0 Å². The topological polar surface area (TPSA) is 78.4 Å². The number of rotatable bonds is 5. The van der Waals surface area contributed by atoms with Crippen LogP contribution in [0.4, 0.5) is 5.69 Å². The number of hydrogen-bond acceptors (Lipinski definition) is 3. The molecule has 0 radical (unpaired) electrons. The highest BCUT2D eigenvalue weighted by Gasteiger charge is 2.71. The Kier molecular flexibility index (Phi) is 4.36. The molecule has 2 bridgehead atoms. The van der Waals surface area contributed by atoms with Crippen LogP contribution >= 0.6 is 15.9 Å². The Labute approximate surface area is 155 Å². The van der Waals surface area contributed by atoms with Gasteiger partial charge in [-0.05, 0) is 67.2 Å². The average Bonchev–Trinajstić information content (AvgIpc) is 3.27. The molecule has 5 nitrogen and oxygen atoms in total. The largest absolute Gasteiger partial charge is 0.395 e. The number of nitrogens with one attached hydrogen (secondary N) is 2. The van der Waals surface area contributed by atoms with E-state index in [1.165, 1.54) is 0 Å². The van der Waals surface area contributed by atoms with E-state index >= 15 is 0 Å².